The van der Waals surface area contributed by atoms with Gasteiger partial charge in [-0.3, -0.25) is 4.79 Å². The van der Waals surface area contributed by atoms with Gasteiger partial charge in [0.05, 0.1) is 0 Å². The van der Waals surface area contributed by atoms with Crippen LogP contribution in [0.4, 0.5) is 5.69 Å². The molecule has 2 rings (SSSR count). The molecule has 3 nitrogen and oxygen atoms in total. The Morgan fingerprint density at radius 3 is 2.36 bits per heavy atom. The Labute approximate surface area is 143 Å². The molecule has 0 aliphatic heterocycles. The molecule has 0 radical (unpaired) electrons. The van der Waals surface area contributed by atoms with E-state index in [-0.39, 0.29) is 12.5 Å². The van der Waals surface area contributed by atoms with Crippen molar-refractivity contribution in [1.82, 2.24) is 0 Å². The van der Waals surface area contributed by atoms with Gasteiger partial charge in [-0.2, -0.15) is 0 Å². The Morgan fingerprint density at radius 1 is 1.14 bits per heavy atom. The molecule has 0 saturated carbocycles. The van der Waals surface area contributed by atoms with E-state index in [1.807, 2.05) is 45.0 Å². The number of nitrogens with one attached hydrogen (secondary N) is 1. The summed E-state index contributed by atoms with van der Waals surface area (Å²) in [6, 6.07) is 9.32. The maximum absolute atomic E-state index is 12.0. The summed E-state index contributed by atoms with van der Waals surface area (Å²) in [6.07, 6.45) is 0. The van der Waals surface area contributed by atoms with Gasteiger partial charge in [-0.25, -0.2) is 0 Å². The van der Waals surface area contributed by atoms with Gasteiger partial charge in [0.2, 0.25) is 0 Å². The Kier molecular flexibility index (Phi) is 5.48. The molecule has 2 aromatic carbocycles. The molecule has 0 unspecified atom stereocenters. The van der Waals surface area contributed by atoms with Gasteiger partial charge < -0.3 is 10.1 Å². The number of hydrogen-bond acceptors (Lipinski definition) is 2. The predicted octanol–water partition coefficient (Wildman–Crippen LogP) is 5.05. The first-order chi connectivity index (χ1) is 10.4. The number of aryl methyl sites for hydroxylation is 3. The van der Waals surface area contributed by atoms with Gasteiger partial charge in [-0.15, -0.1) is 0 Å². The quantitative estimate of drug-likeness (QED) is 0.804. The van der Waals surface area contributed by atoms with Crippen molar-refractivity contribution in [2.75, 3.05) is 11.9 Å². The molecule has 5 heteroatoms. The smallest absolute Gasteiger partial charge is 0.262 e. The lowest BCUT2D eigenvalue weighted by atomic mass is 10.1. The lowest BCUT2D eigenvalue weighted by Crippen LogP contribution is -2.20. The zero-order chi connectivity index (χ0) is 16.3. The molecule has 1 amide bonds. The molecule has 22 heavy (non-hydrogen) atoms. The third-order valence-electron chi connectivity index (χ3n) is 3.23. The summed E-state index contributed by atoms with van der Waals surface area (Å²) in [5.74, 6) is 0.516. The van der Waals surface area contributed by atoms with Gasteiger partial charge >= 0.3 is 0 Å². The zero-order valence-corrected chi connectivity index (χ0v) is 15.0. The van der Waals surface area contributed by atoms with Crippen molar-refractivity contribution < 1.29 is 9.53 Å². The molecule has 116 valence electrons. The standard InChI is InChI=1S/C17H17BrClNO2/c1-10-4-5-14(8-15(10)19)20-16(21)9-22-17-11(2)6-13(18)7-12(17)3/h4-8H,9H2,1-3H3,(H,20,21). The average molecular weight is 383 g/mol. The summed E-state index contributed by atoms with van der Waals surface area (Å²) in [5, 5.41) is 3.40. The molecule has 0 atom stereocenters. The van der Waals surface area contributed by atoms with Gasteiger partial charge in [0.15, 0.2) is 6.61 Å². The highest BCUT2D eigenvalue weighted by Gasteiger charge is 2.09. The summed E-state index contributed by atoms with van der Waals surface area (Å²) in [5.41, 5.74) is 3.60. The average Bonchev–Trinajstić information content (AvgIpc) is 2.41. The molecule has 0 aliphatic rings. The Bertz CT molecular complexity index is 693. The van der Waals surface area contributed by atoms with Gasteiger partial charge in [-0.05, 0) is 61.7 Å². The number of rotatable bonds is 4. The van der Waals surface area contributed by atoms with Crippen LogP contribution in [0.5, 0.6) is 5.75 Å². The predicted molar refractivity (Wildman–Crippen MR) is 93.9 cm³/mol. The molecular formula is C17H17BrClNO2. The SMILES string of the molecule is Cc1ccc(NC(=O)COc2c(C)cc(Br)cc2C)cc1Cl. The fourth-order valence-electron chi connectivity index (χ4n) is 2.13. The van der Waals surface area contributed by atoms with Gasteiger partial charge in [-0.1, -0.05) is 33.6 Å². The zero-order valence-electron chi connectivity index (χ0n) is 12.7. The summed E-state index contributed by atoms with van der Waals surface area (Å²) < 4.78 is 6.64. The molecule has 0 saturated heterocycles. The topological polar surface area (TPSA) is 38.3 Å². The monoisotopic (exact) mass is 381 g/mol. The Morgan fingerprint density at radius 2 is 1.77 bits per heavy atom. The highest BCUT2D eigenvalue weighted by molar-refractivity contribution is 9.10. The van der Waals surface area contributed by atoms with Gasteiger partial charge in [0.1, 0.15) is 5.75 Å². The third kappa shape index (κ3) is 4.24. The highest BCUT2D eigenvalue weighted by Crippen LogP contribution is 2.27. The minimum Gasteiger partial charge on any atom is -0.483 e. The highest BCUT2D eigenvalue weighted by atomic mass is 79.9. The van der Waals surface area contributed by atoms with E-state index in [0.717, 1.165) is 26.9 Å². The van der Waals surface area contributed by atoms with Crippen molar-refractivity contribution in [3.05, 3.63) is 56.5 Å². The Balaban J connectivity index is 2.00. The number of hydrogen-bond donors (Lipinski definition) is 1. The molecule has 1 N–H and O–H groups in total. The molecule has 0 heterocycles. The number of halogens is 2. The second kappa shape index (κ2) is 7.16. The van der Waals surface area contributed by atoms with Crippen LogP contribution in [0.15, 0.2) is 34.8 Å². The van der Waals surface area contributed by atoms with Crippen molar-refractivity contribution >= 4 is 39.1 Å². The van der Waals surface area contributed by atoms with Gasteiger partial charge in [0.25, 0.3) is 5.91 Å². The summed E-state index contributed by atoms with van der Waals surface area (Å²) in [7, 11) is 0. The first-order valence-corrected chi connectivity index (χ1v) is 7.99. The van der Waals surface area contributed by atoms with Gasteiger partial charge in [0, 0.05) is 15.2 Å². The molecule has 0 spiro atoms. The third-order valence-corrected chi connectivity index (χ3v) is 4.09. The van der Waals surface area contributed by atoms with E-state index < -0.39 is 0 Å². The van der Waals surface area contributed by atoms with E-state index in [4.69, 9.17) is 16.3 Å². The second-order valence-corrected chi connectivity index (χ2v) is 6.49. The summed E-state index contributed by atoms with van der Waals surface area (Å²) in [6.45, 7) is 5.76. The van der Waals surface area contributed by atoms with Crippen molar-refractivity contribution in [1.29, 1.82) is 0 Å². The van der Waals surface area contributed by atoms with Crippen LogP contribution < -0.4 is 10.1 Å². The molecule has 0 fully saturated rings. The van der Waals surface area contributed by atoms with E-state index in [2.05, 4.69) is 21.2 Å². The number of carbonyl (C=O) groups excluding carboxylic acids is 1. The van der Waals surface area contributed by atoms with Crippen LogP contribution in [0, 0.1) is 20.8 Å². The van der Waals surface area contributed by atoms with Crippen LogP contribution in [0.2, 0.25) is 5.02 Å². The molecule has 0 bridgehead atoms. The molecule has 0 aromatic heterocycles. The van der Waals surface area contributed by atoms with Crippen molar-refractivity contribution in [2.24, 2.45) is 0 Å². The van der Waals surface area contributed by atoms with E-state index in [0.29, 0.717) is 10.7 Å². The van der Waals surface area contributed by atoms with Crippen LogP contribution in [0.3, 0.4) is 0 Å². The maximum Gasteiger partial charge on any atom is 0.262 e. The first-order valence-electron chi connectivity index (χ1n) is 6.82. The van der Waals surface area contributed by atoms with Crippen LogP contribution in [-0.2, 0) is 4.79 Å². The lowest BCUT2D eigenvalue weighted by Gasteiger charge is -2.13. The van der Waals surface area contributed by atoms with E-state index in [9.17, 15) is 4.79 Å². The van der Waals surface area contributed by atoms with Crippen molar-refractivity contribution in [3.63, 3.8) is 0 Å². The van der Waals surface area contributed by atoms with Crippen LogP contribution in [0.1, 0.15) is 16.7 Å². The summed E-state index contributed by atoms with van der Waals surface area (Å²) >= 11 is 9.48. The van der Waals surface area contributed by atoms with Crippen LogP contribution in [-0.4, -0.2) is 12.5 Å². The minimum atomic E-state index is -0.221. The van der Waals surface area contributed by atoms with Crippen LogP contribution >= 0.6 is 27.5 Å². The Hall–Kier alpha value is -1.52. The summed E-state index contributed by atoms with van der Waals surface area (Å²) in [4.78, 5) is 12.0. The molecular weight excluding hydrogens is 366 g/mol. The van der Waals surface area contributed by atoms with E-state index >= 15 is 0 Å². The molecule has 2 aromatic rings. The largest absolute Gasteiger partial charge is 0.483 e. The van der Waals surface area contributed by atoms with E-state index in [1.54, 1.807) is 6.07 Å². The number of anilines is 1. The fourth-order valence-corrected chi connectivity index (χ4v) is 3.00. The van der Waals surface area contributed by atoms with Crippen molar-refractivity contribution in [2.45, 2.75) is 20.8 Å². The molecule has 0 aliphatic carbocycles. The lowest BCUT2D eigenvalue weighted by molar-refractivity contribution is -0.118. The first kappa shape index (κ1) is 16.8. The number of amides is 1. The number of ether oxygens (including phenoxy) is 1. The normalized spacial score (nSPS) is 10.4. The van der Waals surface area contributed by atoms with Crippen LogP contribution in [0.25, 0.3) is 0 Å². The maximum atomic E-state index is 12.0. The second-order valence-electron chi connectivity index (χ2n) is 5.17. The van der Waals surface area contributed by atoms with E-state index in [1.165, 1.54) is 0 Å². The fraction of sp³-hybridized carbons (Fsp3) is 0.235. The number of benzene rings is 2. The minimum absolute atomic E-state index is 0.0468. The van der Waals surface area contributed by atoms with Crippen molar-refractivity contribution in [3.8, 4) is 5.75 Å². The number of carbonyl (C=O) groups is 1.